The number of rotatable bonds is 6. The number of fused-ring (bicyclic) bond motifs is 1. The van der Waals surface area contributed by atoms with Gasteiger partial charge in [-0.25, -0.2) is 0 Å². The van der Waals surface area contributed by atoms with E-state index in [1.807, 2.05) is 30.3 Å². The Kier molecular flexibility index (Phi) is 6.55. The van der Waals surface area contributed by atoms with Gasteiger partial charge >= 0.3 is 5.97 Å². The number of nitrogens with zero attached hydrogens (tertiary/aromatic N) is 3. The lowest BCUT2D eigenvalue weighted by molar-refractivity contribution is -0.143. The van der Waals surface area contributed by atoms with Gasteiger partial charge in [-0.2, -0.15) is 5.26 Å². The van der Waals surface area contributed by atoms with Crippen LogP contribution >= 0.6 is 11.6 Å². The van der Waals surface area contributed by atoms with Crippen molar-refractivity contribution < 1.29 is 14.3 Å². The average molecular weight is 422 g/mol. The second-order valence-corrected chi connectivity index (χ2v) is 6.93. The first-order chi connectivity index (χ1) is 14.5. The largest absolute Gasteiger partial charge is 0.465 e. The van der Waals surface area contributed by atoms with Gasteiger partial charge in [0.05, 0.1) is 17.1 Å². The number of para-hydroxylation sites is 1. The standard InChI is InChI=1S/C23H20ClN3O3/c1-3-30-21(28)15-27-14-17(22-19(24)10-7-11-20(22)27)12-16(13-25)23(29)26(2)18-8-5-4-6-9-18/h4-12,14H,3,15H2,1-2H3/b16-12+. The number of halogens is 1. The first-order valence-electron chi connectivity index (χ1n) is 9.34. The molecular formula is C23H20ClN3O3. The van der Waals surface area contributed by atoms with Crippen molar-refractivity contribution in [3.8, 4) is 6.07 Å². The number of ether oxygens (including phenoxy) is 1. The highest BCUT2D eigenvalue weighted by molar-refractivity contribution is 6.36. The first-order valence-corrected chi connectivity index (χ1v) is 9.72. The maximum Gasteiger partial charge on any atom is 0.325 e. The Bertz CT molecular complexity index is 1160. The van der Waals surface area contributed by atoms with Gasteiger partial charge < -0.3 is 14.2 Å². The van der Waals surface area contributed by atoms with Crippen LogP contribution in [0.4, 0.5) is 5.69 Å². The third-order valence-electron chi connectivity index (χ3n) is 4.59. The molecule has 1 aromatic heterocycles. The molecule has 0 spiro atoms. The van der Waals surface area contributed by atoms with Crippen LogP contribution in [0, 0.1) is 11.3 Å². The lowest BCUT2D eigenvalue weighted by Crippen LogP contribution is -2.27. The van der Waals surface area contributed by atoms with E-state index in [-0.39, 0.29) is 24.7 Å². The Morgan fingerprint density at radius 1 is 1.20 bits per heavy atom. The van der Waals surface area contributed by atoms with Crippen LogP contribution in [0.5, 0.6) is 0 Å². The SMILES string of the molecule is CCOC(=O)Cn1cc(/C=C(\C#N)C(=O)N(C)c2ccccc2)c2c(Cl)cccc21. The number of carbonyl (C=O) groups is 2. The Hall–Kier alpha value is -3.56. The second kappa shape index (κ2) is 9.29. The molecule has 0 saturated heterocycles. The maximum atomic E-state index is 12.9. The van der Waals surface area contributed by atoms with Gasteiger partial charge in [-0.3, -0.25) is 9.59 Å². The summed E-state index contributed by atoms with van der Waals surface area (Å²) in [5, 5.41) is 10.8. The summed E-state index contributed by atoms with van der Waals surface area (Å²) in [7, 11) is 1.61. The molecule has 0 N–H and O–H groups in total. The van der Waals surface area contributed by atoms with Gasteiger partial charge in [0.2, 0.25) is 0 Å². The number of likely N-dealkylation sites (N-methyl/N-ethyl adjacent to an activating group) is 1. The minimum atomic E-state index is -0.443. The predicted molar refractivity (Wildman–Crippen MR) is 117 cm³/mol. The minimum Gasteiger partial charge on any atom is -0.465 e. The molecule has 1 amide bonds. The number of hydrogen-bond donors (Lipinski definition) is 0. The number of carbonyl (C=O) groups excluding carboxylic acids is 2. The van der Waals surface area contributed by atoms with Crippen LogP contribution in [-0.2, 0) is 20.9 Å². The number of hydrogen-bond acceptors (Lipinski definition) is 4. The molecule has 2 aromatic carbocycles. The van der Waals surface area contributed by atoms with Crippen molar-refractivity contribution in [2.24, 2.45) is 0 Å². The Labute approximate surface area is 179 Å². The normalized spacial score (nSPS) is 11.2. The molecule has 6 nitrogen and oxygen atoms in total. The third-order valence-corrected chi connectivity index (χ3v) is 4.90. The van der Waals surface area contributed by atoms with Crippen molar-refractivity contribution in [1.82, 2.24) is 4.57 Å². The average Bonchev–Trinajstić information content (AvgIpc) is 3.10. The molecule has 3 aromatic rings. The molecule has 0 aliphatic heterocycles. The molecule has 0 bridgehead atoms. The first kappa shape index (κ1) is 21.2. The molecule has 152 valence electrons. The van der Waals surface area contributed by atoms with Gasteiger partial charge in [-0.1, -0.05) is 35.9 Å². The van der Waals surface area contributed by atoms with Gasteiger partial charge in [-0.15, -0.1) is 0 Å². The number of nitriles is 1. The van der Waals surface area contributed by atoms with E-state index in [1.165, 1.54) is 11.0 Å². The summed E-state index contributed by atoms with van der Waals surface area (Å²) in [6.07, 6.45) is 3.19. The van der Waals surface area contributed by atoms with E-state index in [0.717, 1.165) is 0 Å². The number of anilines is 1. The Balaban J connectivity index is 2.04. The number of benzene rings is 2. The van der Waals surface area contributed by atoms with Crippen molar-refractivity contribution >= 4 is 46.1 Å². The van der Waals surface area contributed by atoms with E-state index in [4.69, 9.17) is 16.3 Å². The number of amides is 1. The van der Waals surface area contributed by atoms with E-state index in [2.05, 4.69) is 0 Å². The molecule has 30 heavy (non-hydrogen) atoms. The van der Waals surface area contributed by atoms with Gasteiger partial charge in [0, 0.05) is 29.9 Å². The van der Waals surface area contributed by atoms with Crippen LogP contribution in [0.2, 0.25) is 5.02 Å². The van der Waals surface area contributed by atoms with Gasteiger partial charge in [0.25, 0.3) is 5.91 Å². The zero-order chi connectivity index (χ0) is 21.7. The van der Waals surface area contributed by atoms with Gasteiger partial charge in [-0.05, 0) is 37.3 Å². The summed E-state index contributed by atoms with van der Waals surface area (Å²) >= 11 is 6.40. The van der Waals surface area contributed by atoms with E-state index < -0.39 is 5.91 Å². The van der Waals surface area contributed by atoms with Crippen LogP contribution in [0.15, 0.2) is 60.3 Å². The zero-order valence-electron chi connectivity index (χ0n) is 16.6. The van der Waals surface area contributed by atoms with Crippen LogP contribution in [0.3, 0.4) is 0 Å². The molecule has 1 heterocycles. The topological polar surface area (TPSA) is 75.3 Å². The van der Waals surface area contributed by atoms with Crippen LogP contribution in [-0.4, -0.2) is 30.1 Å². The smallest absolute Gasteiger partial charge is 0.325 e. The summed E-state index contributed by atoms with van der Waals surface area (Å²) in [5.41, 5.74) is 1.91. The van der Waals surface area contributed by atoms with Crippen LogP contribution in [0.1, 0.15) is 12.5 Å². The fraction of sp³-hybridized carbons (Fsp3) is 0.174. The summed E-state index contributed by atoms with van der Waals surface area (Å²) in [5.74, 6) is -0.827. The molecule has 0 unspecified atom stereocenters. The van der Waals surface area contributed by atoms with Crippen molar-refractivity contribution in [3.05, 3.63) is 70.9 Å². The van der Waals surface area contributed by atoms with E-state index in [0.29, 0.717) is 27.2 Å². The fourth-order valence-corrected chi connectivity index (χ4v) is 3.45. The predicted octanol–water partition coefficient (Wildman–Crippen LogP) is 4.43. The summed E-state index contributed by atoms with van der Waals surface area (Å²) < 4.78 is 6.73. The second-order valence-electron chi connectivity index (χ2n) is 6.52. The minimum absolute atomic E-state index is 0.00171. The van der Waals surface area contributed by atoms with Gasteiger partial charge in [0.15, 0.2) is 0 Å². The van der Waals surface area contributed by atoms with Crippen molar-refractivity contribution in [1.29, 1.82) is 5.26 Å². The summed E-state index contributed by atoms with van der Waals surface area (Å²) in [4.78, 5) is 26.3. The van der Waals surface area contributed by atoms with Crippen molar-refractivity contribution in [3.63, 3.8) is 0 Å². The van der Waals surface area contributed by atoms with Crippen molar-refractivity contribution in [2.75, 3.05) is 18.6 Å². The van der Waals surface area contributed by atoms with E-state index in [1.54, 1.807) is 49.0 Å². The Morgan fingerprint density at radius 3 is 2.60 bits per heavy atom. The highest BCUT2D eigenvalue weighted by Crippen LogP contribution is 2.30. The fourth-order valence-electron chi connectivity index (χ4n) is 3.17. The quantitative estimate of drug-likeness (QED) is 0.335. The van der Waals surface area contributed by atoms with Crippen molar-refractivity contribution in [2.45, 2.75) is 13.5 Å². The highest BCUT2D eigenvalue weighted by Gasteiger charge is 2.19. The van der Waals surface area contributed by atoms with Crippen LogP contribution < -0.4 is 4.90 Å². The molecule has 0 aliphatic carbocycles. The van der Waals surface area contributed by atoms with E-state index in [9.17, 15) is 14.9 Å². The van der Waals surface area contributed by atoms with Crippen LogP contribution in [0.25, 0.3) is 17.0 Å². The molecule has 0 aliphatic rings. The lowest BCUT2D eigenvalue weighted by atomic mass is 10.1. The summed E-state index contributed by atoms with van der Waals surface area (Å²) in [6.45, 7) is 2.02. The highest BCUT2D eigenvalue weighted by atomic mass is 35.5. The summed E-state index contributed by atoms with van der Waals surface area (Å²) in [6, 6.07) is 16.4. The molecule has 0 radical (unpaired) electrons. The Morgan fingerprint density at radius 2 is 1.93 bits per heavy atom. The third kappa shape index (κ3) is 4.37. The monoisotopic (exact) mass is 421 g/mol. The number of esters is 1. The molecule has 0 fully saturated rings. The molecule has 0 atom stereocenters. The lowest BCUT2D eigenvalue weighted by Gasteiger charge is -2.16. The molecule has 7 heteroatoms. The number of aromatic nitrogens is 1. The van der Waals surface area contributed by atoms with Gasteiger partial charge in [0.1, 0.15) is 18.2 Å². The maximum absolute atomic E-state index is 12.9. The molecule has 3 rings (SSSR count). The zero-order valence-corrected chi connectivity index (χ0v) is 17.4. The molecule has 0 saturated carbocycles. The van der Waals surface area contributed by atoms with E-state index >= 15 is 0 Å². The molecular weight excluding hydrogens is 402 g/mol.